The first kappa shape index (κ1) is 14.6. The molecule has 1 atom stereocenters. The number of hydrogen-bond acceptors (Lipinski definition) is 3. The van der Waals surface area contributed by atoms with Crippen LogP contribution in [0.15, 0.2) is 0 Å². The summed E-state index contributed by atoms with van der Waals surface area (Å²) in [4.78, 5) is 10.8. The van der Waals surface area contributed by atoms with E-state index in [0.29, 0.717) is 0 Å². The lowest BCUT2D eigenvalue weighted by atomic mass is 10.5. The molecule has 7 heteroatoms. The van der Waals surface area contributed by atoms with E-state index in [2.05, 4.69) is 0 Å². The predicted molar refractivity (Wildman–Crippen MR) is 59.3 cm³/mol. The molecule has 0 aliphatic carbocycles. The number of likely N-dealkylation sites (N-methyl/N-ethyl adjacent to an activating group) is 1. The molecular weight excluding hydrogens is 217 g/mol. The first-order chi connectivity index (χ1) is 6.70. The zero-order valence-corrected chi connectivity index (χ0v) is 10.8. The Labute approximate surface area is 90.9 Å². The Bertz CT molecular complexity index is 268. The Morgan fingerprint density at radius 2 is 1.87 bits per heavy atom. The van der Waals surface area contributed by atoms with Crippen molar-refractivity contribution in [2.75, 3.05) is 27.7 Å². The van der Waals surface area contributed by atoms with Crippen molar-refractivity contribution in [1.82, 2.24) is 9.34 Å². The van der Waals surface area contributed by atoms with Crippen molar-refractivity contribution < 1.29 is 13.9 Å². The number of nitrogens with zero attached hydrogens (tertiary/aromatic N) is 2. The Kier molecular flexibility index (Phi) is 5.45. The lowest BCUT2D eigenvalue weighted by molar-refractivity contribution is -0.118. The molecule has 0 aliphatic heterocycles. The molecule has 0 bridgehead atoms. The van der Waals surface area contributed by atoms with E-state index in [1.54, 1.807) is 35.0 Å². The van der Waals surface area contributed by atoms with Gasteiger partial charge >= 0.3 is 7.67 Å². The molecule has 0 saturated carbocycles. The lowest BCUT2D eigenvalue weighted by Crippen LogP contribution is -2.34. The molecule has 15 heavy (non-hydrogen) atoms. The summed E-state index contributed by atoms with van der Waals surface area (Å²) in [5.74, 6) is -0.535. The standard InChI is InChI=1S/C8H20N3O3P/c1-7(2)14-15(13,10(3)4)11(5)6-8(9)12/h7H,6H2,1-5H3,(H2,9,12). The van der Waals surface area contributed by atoms with E-state index in [4.69, 9.17) is 10.3 Å². The summed E-state index contributed by atoms with van der Waals surface area (Å²) in [6, 6.07) is 0. The van der Waals surface area contributed by atoms with E-state index in [9.17, 15) is 9.36 Å². The monoisotopic (exact) mass is 237 g/mol. The SMILES string of the molecule is CC(C)OP(=O)(N(C)C)N(C)CC(N)=O. The molecule has 1 amide bonds. The van der Waals surface area contributed by atoms with E-state index < -0.39 is 13.6 Å². The zero-order chi connectivity index (χ0) is 12.2. The van der Waals surface area contributed by atoms with Gasteiger partial charge in [0, 0.05) is 0 Å². The molecule has 1 unspecified atom stereocenters. The molecular formula is C8H20N3O3P. The van der Waals surface area contributed by atoms with Gasteiger partial charge in [-0.05, 0) is 35.0 Å². The number of nitrogens with two attached hydrogens (primary N) is 1. The van der Waals surface area contributed by atoms with Crippen LogP contribution >= 0.6 is 7.67 Å². The van der Waals surface area contributed by atoms with Crippen molar-refractivity contribution in [3.8, 4) is 0 Å². The fraction of sp³-hybridized carbons (Fsp3) is 0.875. The lowest BCUT2D eigenvalue weighted by Gasteiger charge is -2.32. The molecule has 0 aromatic rings. The van der Waals surface area contributed by atoms with E-state index in [1.807, 2.05) is 0 Å². The van der Waals surface area contributed by atoms with Crippen LogP contribution in [0.25, 0.3) is 0 Å². The highest BCUT2D eigenvalue weighted by molar-refractivity contribution is 7.53. The van der Waals surface area contributed by atoms with Gasteiger partial charge in [-0.3, -0.25) is 9.36 Å². The smallest absolute Gasteiger partial charge is 0.345 e. The van der Waals surface area contributed by atoms with Gasteiger partial charge in [0.1, 0.15) is 0 Å². The molecule has 90 valence electrons. The molecule has 0 radical (unpaired) electrons. The topological polar surface area (TPSA) is 75.9 Å². The summed E-state index contributed by atoms with van der Waals surface area (Å²) in [6.07, 6.45) is -0.187. The van der Waals surface area contributed by atoms with Crippen molar-refractivity contribution in [3.05, 3.63) is 0 Å². The highest BCUT2D eigenvalue weighted by Gasteiger charge is 2.33. The highest BCUT2D eigenvalue weighted by atomic mass is 31.2. The number of carbonyl (C=O) groups is 1. The highest BCUT2D eigenvalue weighted by Crippen LogP contribution is 2.52. The van der Waals surface area contributed by atoms with Gasteiger partial charge in [-0.1, -0.05) is 0 Å². The number of rotatable bonds is 6. The van der Waals surface area contributed by atoms with Crippen molar-refractivity contribution in [1.29, 1.82) is 0 Å². The Morgan fingerprint density at radius 1 is 1.40 bits per heavy atom. The minimum absolute atomic E-state index is 0.0951. The first-order valence-electron chi connectivity index (χ1n) is 4.66. The van der Waals surface area contributed by atoms with Crippen LogP contribution in [0.4, 0.5) is 0 Å². The molecule has 0 aromatic carbocycles. The molecule has 0 spiro atoms. The average molecular weight is 237 g/mol. The Hall–Kier alpha value is -0.420. The summed E-state index contributed by atoms with van der Waals surface area (Å²) in [6.45, 7) is 3.48. The second-order valence-corrected chi connectivity index (χ2v) is 6.45. The Balaban J connectivity index is 4.78. The Morgan fingerprint density at radius 3 is 2.13 bits per heavy atom. The van der Waals surface area contributed by atoms with Gasteiger partial charge in [0.25, 0.3) is 0 Å². The molecule has 6 nitrogen and oxygen atoms in total. The zero-order valence-electron chi connectivity index (χ0n) is 9.93. The minimum Gasteiger partial charge on any atom is -0.369 e. The summed E-state index contributed by atoms with van der Waals surface area (Å²) in [5.41, 5.74) is 5.05. The molecule has 0 saturated heterocycles. The fourth-order valence-corrected chi connectivity index (χ4v) is 2.90. The largest absolute Gasteiger partial charge is 0.369 e. The third-order valence-corrected chi connectivity index (χ3v) is 4.38. The van der Waals surface area contributed by atoms with Crippen LogP contribution in [-0.4, -0.2) is 49.0 Å². The number of primary amides is 1. The third kappa shape index (κ3) is 4.30. The fourth-order valence-electron chi connectivity index (χ4n) is 1.07. The van der Waals surface area contributed by atoms with Crippen LogP contribution in [0.2, 0.25) is 0 Å². The van der Waals surface area contributed by atoms with Gasteiger partial charge < -0.3 is 10.3 Å². The van der Waals surface area contributed by atoms with Crippen molar-refractivity contribution in [3.63, 3.8) is 0 Å². The molecule has 0 fully saturated rings. The summed E-state index contributed by atoms with van der Waals surface area (Å²) in [5, 5.41) is 0. The van der Waals surface area contributed by atoms with Gasteiger partial charge in [-0.15, -0.1) is 0 Å². The van der Waals surface area contributed by atoms with Gasteiger partial charge in [0.2, 0.25) is 5.91 Å². The molecule has 0 aromatic heterocycles. The number of carbonyl (C=O) groups excluding carboxylic acids is 1. The third-order valence-electron chi connectivity index (χ3n) is 1.67. The second-order valence-electron chi connectivity index (χ2n) is 3.77. The molecule has 0 aliphatic rings. The predicted octanol–water partition coefficient (Wildman–Crippen LogP) is 0.498. The summed E-state index contributed by atoms with van der Waals surface area (Å²) in [7, 11) is 1.70. The summed E-state index contributed by atoms with van der Waals surface area (Å²) < 4.78 is 20.6. The van der Waals surface area contributed by atoms with Crippen molar-refractivity contribution in [2.45, 2.75) is 20.0 Å². The molecule has 0 heterocycles. The van der Waals surface area contributed by atoms with Crippen molar-refractivity contribution in [2.24, 2.45) is 5.73 Å². The maximum Gasteiger partial charge on any atom is 0.345 e. The normalized spacial score (nSPS) is 16.0. The van der Waals surface area contributed by atoms with Gasteiger partial charge in [0.15, 0.2) is 0 Å². The van der Waals surface area contributed by atoms with Crippen LogP contribution < -0.4 is 5.73 Å². The quantitative estimate of drug-likeness (QED) is 0.681. The van der Waals surface area contributed by atoms with E-state index in [-0.39, 0.29) is 12.6 Å². The molecule has 2 N–H and O–H groups in total. The van der Waals surface area contributed by atoms with Crippen LogP contribution in [0, 0.1) is 0 Å². The van der Waals surface area contributed by atoms with E-state index in [0.717, 1.165) is 0 Å². The van der Waals surface area contributed by atoms with Crippen LogP contribution in [0.3, 0.4) is 0 Å². The number of amides is 1. The van der Waals surface area contributed by atoms with Crippen LogP contribution in [0.5, 0.6) is 0 Å². The summed E-state index contributed by atoms with van der Waals surface area (Å²) >= 11 is 0. The first-order valence-corrected chi connectivity index (χ1v) is 6.19. The second kappa shape index (κ2) is 5.61. The average Bonchev–Trinajstić information content (AvgIpc) is 2.00. The van der Waals surface area contributed by atoms with Gasteiger partial charge in [-0.25, -0.2) is 9.34 Å². The maximum atomic E-state index is 12.4. The molecule has 0 rings (SSSR count). The number of hydrogen-bond donors (Lipinski definition) is 1. The van der Waals surface area contributed by atoms with Crippen LogP contribution in [0.1, 0.15) is 13.8 Å². The van der Waals surface area contributed by atoms with Crippen LogP contribution in [-0.2, 0) is 13.9 Å². The van der Waals surface area contributed by atoms with Gasteiger partial charge in [-0.2, -0.15) is 0 Å². The van der Waals surface area contributed by atoms with E-state index in [1.165, 1.54) is 9.34 Å². The van der Waals surface area contributed by atoms with E-state index >= 15 is 0 Å². The maximum absolute atomic E-state index is 12.4. The van der Waals surface area contributed by atoms with Gasteiger partial charge in [0.05, 0.1) is 12.6 Å². The minimum atomic E-state index is -3.13. The van der Waals surface area contributed by atoms with Crippen molar-refractivity contribution >= 4 is 13.6 Å².